The second-order valence-electron chi connectivity index (χ2n) is 8.43. The molecule has 0 bridgehead atoms. The molecule has 3 rings (SSSR count). The highest BCUT2D eigenvalue weighted by molar-refractivity contribution is 8.26. The van der Waals surface area contributed by atoms with Crippen molar-refractivity contribution in [3.05, 3.63) is 53.0 Å². The SMILES string of the molecule is CC(=O)OC[C@@H]1O[C@H](N2C(=O)/C(=C/C=C/c3ccccc3)SC2=S)[C@H](OC(C)=O)[C@H](OC(C)=O)[C@@H]1OC(C)=O. The molecule has 0 aromatic heterocycles. The number of carbonyl (C=O) groups excluding carboxylic acids is 5. The predicted molar refractivity (Wildman–Crippen MR) is 143 cm³/mol. The summed E-state index contributed by atoms with van der Waals surface area (Å²) in [4.78, 5) is 62.4. The molecular weight excluding hydrogens is 550 g/mol. The van der Waals surface area contributed by atoms with Crippen LogP contribution in [-0.4, -0.2) is 76.3 Å². The normalized spacial score (nSPS) is 26.0. The summed E-state index contributed by atoms with van der Waals surface area (Å²) in [6, 6.07) is 9.43. The van der Waals surface area contributed by atoms with Crippen molar-refractivity contribution in [3.8, 4) is 0 Å². The third-order valence-electron chi connectivity index (χ3n) is 5.38. The summed E-state index contributed by atoms with van der Waals surface area (Å²) in [5.74, 6) is -3.52. The van der Waals surface area contributed by atoms with Gasteiger partial charge >= 0.3 is 23.9 Å². The van der Waals surface area contributed by atoms with Gasteiger partial charge in [-0.05, 0) is 11.6 Å². The van der Waals surface area contributed by atoms with Crippen LogP contribution in [0.15, 0.2) is 47.4 Å². The molecule has 5 atom stereocenters. The topological polar surface area (TPSA) is 135 Å². The Hall–Kier alpha value is -3.55. The summed E-state index contributed by atoms with van der Waals surface area (Å²) in [5, 5.41) is 0. The number of carbonyl (C=O) groups is 5. The van der Waals surface area contributed by atoms with Gasteiger partial charge in [0.25, 0.3) is 5.91 Å². The molecule has 13 heteroatoms. The van der Waals surface area contributed by atoms with Gasteiger partial charge in [-0.3, -0.25) is 28.9 Å². The lowest BCUT2D eigenvalue weighted by Crippen LogP contribution is -2.66. The van der Waals surface area contributed by atoms with Gasteiger partial charge in [-0.1, -0.05) is 66.5 Å². The van der Waals surface area contributed by atoms with E-state index >= 15 is 0 Å². The first-order valence-electron chi connectivity index (χ1n) is 11.8. The molecule has 2 aliphatic heterocycles. The molecule has 1 aromatic carbocycles. The van der Waals surface area contributed by atoms with E-state index in [1.54, 1.807) is 18.2 Å². The molecule has 208 valence electrons. The molecule has 1 amide bonds. The molecule has 0 N–H and O–H groups in total. The molecule has 0 saturated carbocycles. The summed E-state index contributed by atoms with van der Waals surface area (Å²) in [6.45, 7) is 4.10. The molecule has 11 nitrogen and oxygen atoms in total. The number of hydrogen-bond acceptors (Lipinski definition) is 12. The standard InChI is InChI=1S/C26H27NO10S2/c1-14(28)33-13-19-21(34-15(2)29)22(35-16(3)30)23(36-17(4)31)25(37-19)27-24(32)20(39-26(27)38)12-8-11-18-9-6-5-7-10-18/h5-12,19,21-23,25H,13H2,1-4H3/b11-8+,20-12-/t19-,21+,22+,23+,25-/m0/s1. The average molecular weight is 578 g/mol. The minimum absolute atomic E-state index is 0.0836. The number of esters is 4. The number of nitrogens with zero attached hydrogens (tertiary/aromatic N) is 1. The first-order valence-corrected chi connectivity index (χ1v) is 13.0. The number of ether oxygens (including phenoxy) is 5. The van der Waals surface area contributed by atoms with Gasteiger partial charge < -0.3 is 23.7 Å². The van der Waals surface area contributed by atoms with Crippen molar-refractivity contribution in [2.75, 3.05) is 6.61 Å². The molecule has 1 aromatic rings. The number of thioether (sulfide) groups is 1. The van der Waals surface area contributed by atoms with E-state index in [-0.39, 0.29) is 9.23 Å². The molecule has 0 aliphatic carbocycles. The van der Waals surface area contributed by atoms with Crippen LogP contribution in [0.3, 0.4) is 0 Å². The van der Waals surface area contributed by atoms with Crippen LogP contribution in [0.4, 0.5) is 0 Å². The monoisotopic (exact) mass is 577 g/mol. The van der Waals surface area contributed by atoms with Crippen LogP contribution < -0.4 is 0 Å². The van der Waals surface area contributed by atoms with Crippen molar-refractivity contribution in [3.63, 3.8) is 0 Å². The van der Waals surface area contributed by atoms with Gasteiger partial charge in [0.05, 0.1) is 4.91 Å². The van der Waals surface area contributed by atoms with Crippen molar-refractivity contribution in [2.45, 2.75) is 58.3 Å². The van der Waals surface area contributed by atoms with Crippen molar-refractivity contribution >= 4 is 64.2 Å². The molecule has 2 aliphatic rings. The summed E-state index contributed by atoms with van der Waals surface area (Å²) >= 11 is 6.46. The lowest BCUT2D eigenvalue weighted by Gasteiger charge is -2.46. The zero-order chi connectivity index (χ0) is 28.7. The molecule has 2 heterocycles. The van der Waals surface area contributed by atoms with Crippen LogP contribution in [0.2, 0.25) is 0 Å². The Bertz CT molecular complexity index is 1200. The van der Waals surface area contributed by atoms with Crippen molar-refractivity contribution < 1.29 is 47.7 Å². The van der Waals surface area contributed by atoms with E-state index in [9.17, 15) is 24.0 Å². The number of thiocarbonyl (C=S) groups is 1. The Morgan fingerprint density at radius 3 is 2.10 bits per heavy atom. The Morgan fingerprint density at radius 2 is 1.51 bits per heavy atom. The molecular formula is C26H27NO10S2. The van der Waals surface area contributed by atoms with Crippen molar-refractivity contribution in [1.82, 2.24) is 4.90 Å². The van der Waals surface area contributed by atoms with Crippen LogP contribution in [0, 0.1) is 0 Å². The van der Waals surface area contributed by atoms with Gasteiger partial charge in [-0.25, -0.2) is 0 Å². The number of hydrogen-bond donors (Lipinski definition) is 0. The summed E-state index contributed by atoms with van der Waals surface area (Å²) in [6.07, 6.45) is -1.72. The average Bonchev–Trinajstić information content (AvgIpc) is 3.13. The number of rotatable bonds is 8. The zero-order valence-corrected chi connectivity index (χ0v) is 23.2. The summed E-state index contributed by atoms with van der Waals surface area (Å²) in [5.41, 5.74) is 0.920. The highest BCUT2D eigenvalue weighted by Crippen LogP contribution is 2.38. The molecule has 39 heavy (non-hydrogen) atoms. The van der Waals surface area contributed by atoms with Crippen LogP contribution >= 0.6 is 24.0 Å². The highest BCUT2D eigenvalue weighted by Gasteiger charge is 2.56. The van der Waals surface area contributed by atoms with E-state index in [0.29, 0.717) is 0 Å². The van der Waals surface area contributed by atoms with E-state index in [0.717, 1.165) is 43.0 Å². The Kier molecular flexibility index (Phi) is 10.4. The minimum atomic E-state index is -1.44. The van der Waals surface area contributed by atoms with Gasteiger partial charge in [-0.2, -0.15) is 0 Å². The number of amides is 1. The van der Waals surface area contributed by atoms with Gasteiger partial charge in [-0.15, -0.1) is 0 Å². The molecule has 2 fully saturated rings. The second-order valence-corrected chi connectivity index (χ2v) is 10.1. The number of allylic oxidation sites excluding steroid dienone is 2. The first-order chi connectivity index (χ1) is 18.5. The fraction of sp³-hybridized carbons (Fsp3) is 0.385. The van der Waals surface area contributed by atoms with Crippen molar-refractivity contribution in [1.29, 1.82) is 0 Å². The maximum absolute atomic E-state index is 13.5. The molecule has 0 unspecified atom stereocenters. The zero-order valence-electron chi connectivity index (χ0n) is 21.6. The van der Waals surface area contributed by atoms with Crippen molar-refractivity contribution in [2.24, 2.45) is 0 Å². The van der Waals surface area contributed by atoms with Gasteiger partial charge in [0.2, 0.25) is 0 Å². The third kappa shape index (κ3) is 7.97. The largest absolute Gasteiger partial charge is 0.463 e. The van der Waals surface area contributed by atoms with E-state index < -0.39 is 67.0 Å². The van der Waals surface area contributed by atoms with Crippen LogP contribution in [0.25, 0.3) is 6.08 Å². The van der Waals surface area contributed by atoms with Crippen LogP contribution in [0.5, 0.6) is 0 Å². The fourth-order valence-electron chi connectivity index (χ4n) is 3.94. The molecule has 0 spiro atoms. The van der Waals surface area contributed by atoms with Gasteiger partial charge in [0.15, 0.2) is 28.9 Å². The lowest BCUT2D eigenvalue weighted by atomic mass is 9.96. The van der Waals surface area contributed by atoms with E-state index in [2.05, 4.69) is 0 Å². The van der Waals surface area contributed by atoms with E-state index in [1.165, 1.54) is 6.92 Å². The second kappa shape index (κ2) is 13.5. The summed E-state index contributed by atoms with van der Waals surface area (Å²) in [7, 11) is 0. The predicted octanol–water partition coefficient (Wildman–Crippen LogP) is 2.53. The van der Waals surface area contributed by atoms with Crippen LogP contribution in [-0.2, 0) is 47.7 Å². The fourth-order valence-corrected chi connectivity index (χ4v) is 5.20. The Morgan fingerprint density at radius 1 is 0.923 bits per heavy atom. The third-order valence-corrected chi connectivity index (χ3v) is 6.73. The first kappa shape index (κ1) is 30.0. The maximum Gasteiger partial charge on any atom is 0.303 e. The number of benzene rings is 1. The highest BCUT2D eigenvalue weighted by atomic mass is 32.2. The van der Waals surface area contributed by atoms with E-state index in [4.69, 9.17) is 35.9 Å². The quantitative estimate of drug-likeness (QED) is 0.194. The summed E-state index contributed by atoms with van der Waals surface area (Å²) < 4.78 is 27.5. The van der Waals surface area contributed by atoms with E-state index in [1.807, 2.05) is 30.3 Å². The molecule has 2 saturated heterocycles. The lowest BCUT2D eigenvalue weighted by molar-refractivity contribution is -0.268. The Balaban J connectivity index is 1.99. The van der Waals surface area contributed by atoms with Crippen LogP contribution in [0.1, 0.15) is 33.3 Å². The minimum Gasteiger partial charge on any atom is -0.463 e. The smallest absolute Gasteiger partial charge is 0.303 e. The maximum atomic E-state index is 13.5. The molecule has 0 radical (unpaired) electrons. The van der Waals surface area contributed by atoms with Gasteiger partial charge in [0, 0.05) is 27.7 Å². The van der Waals surface area contributed by atoms with Gasteiger partial charge in [0.1, 0.15) is 12.7 Å². The Labute approximate surface area is 234 Å².